The van der Waals surface area contributed by atoms with Crippen molar-refractivity contribution >= 4 is 5.69 Å². The molecular weight excluding hydrogens is 226 g/mol. The van der Waals surface area contributed by atoms with Crippen molar-refractivity contribution in [2.75, 3.05) is 11.9 Å². The molecule has 0 bridgehead atoms. The van der Waals surface area contributed by atoms with Gasteiger partial charge in [0.25, 0.3) is 0 Å². The molecule has 2 heterocycles. The first-order valence-corrected chi connectivity index (χ1v) is 6.30. The van der Waals surface area contributed by atoms with Gasteiger partial charge in [0.05, 0.1) is 25.0 Å². The van der Waals surface area contributed by atoms with Gasteiger partial charge in [-0.1, -0.05) is 0 Å². The second kappa shape index (κ2) is 6.10. The molecule has 0 aromatic carbocycles. The second-order valence-electron chi connectivity index (χ2n) is 3.96. The van der Waals surface area contributed by atoms with Gasteiger partial charge in [0.1, 0.15) is 0 Å². The number of hydrogen-bond acceptors (Lipinski definition) is 3. The summed E-state index contributed by atoms with van der Waals surface area (Å²) in [7, 11) is 0. The number of pyridine rings is 1. The number of anilines is 1. The summed E-state index contributed by atoms with van der Waals surface area (Å²) in [6.45, 7) is 6.53. The molecule has 0 spiro atoms. The minimum absolute atomic E-state index is 0.643. The quantitative estimate of drug-likeness (QED) is 0.850. The highest BCUT2D eigenvalue weighted by molar-refractivity contribution is 5.42. The second-order valence-corrected chi connectivity index (χ2v) is 3.96. The van der Waals surface area contributed by atoms with Crippen LogP contribution in [0.1, 0.15) is 19.5 Å². The Labute approximate surface area is 108 Å². The lowest BCUT2D eigenvalue weighted by Gasteiger charge is -2.09. The van der Waals surface area contributed by atoms with E-state index >= 15 is 0 Å². The van der Waals surface area contributed by atoms with E-state index in [1.54, 1.807) is 6.20 Å². The fourth-order valence-electron chi connectivity index (χ4n) is 1.83. The molecule has 0 atom stereocenters. The Morgan fingerprint density at radius 3 is 2.83 bits per heavy atom. The first-order chi connectivity index (χ1) is 8.83. The monoisotopic (exact) mass is 245 g/mol. The van der Waals surface area contributed by atoms with Crippen molar-refractivity contribution in [1.29, 1.82) is 0 Å². The molecule has 18 heavy (non-hydrogen) atoms. The third kappa shape index (κ3) is 3.03. The molecule has 0 fully saturated rings. The van der Waals surface area contributed by atoms with Crippen LogP contribution in [0.2, 0.25) is 0 Å². The average molecular weight is 245 g/mol. The van der Waals surface area contributed by atoms with E-state index in [0.717, 1.165) is 18.8 Å². The van der Waals surface area contributed by atoms with Gasteiger partial charge in [0.2, 0.25) is 5.88 Å². The van der Waals surface area contributed by atoms with Crippen molar-refractivity contribution in [2.24, 2.45) is 0 Å². The summed E-state index contributed by atoms with van der Waals surface area (Å²) in [5.41, 5.74) is 2.27. The highest BCUT2D eigenvalue weighted by atomic mass is 16.5. The Balaban J connectivity index is 1.94. The summed E-state index contributed by atoms with van der Waals surface area (Å²) < 4.78 is 7.52. The minimum Gasteiger partial charge on any atom is -0.478 e. The smallest absolute Gasteiger partial charge is 0.213 e. The van der Waals surface area contributed by atoms with E-state index in [9.17, 15) is 0 Å². The van der Waals surface area contributed by atoms with E-state index in [1.165, 1.54) is 5.69 Å². The predicted octanol–water partition coefficient (Wildman–Crippen LogP) is 2.91. The third-order valence-corrected chi connectivity index (χ3v) is 2.77. The van der Waals surface area contributed by atoms with Gasteiger partial charge < -0.3 is 14.6 Å². The lowest BCUT2D eigenvalue weighted by Crippen LogP contribution is -2.06. The summed E-state index contributed by atoms with van der Waals surface area (Å²) in [5, 5.41) is 3.35. The maximum Gasteiger partial charge on any atom is 0.213 e. The maximum atomic E-state index is 5.30. The number of hydrogen-bond donors (Lipinski definition) is 1. The molecule has 0 saturated heterocycles. The van der Waals surface area contributed by atoms with E-state index in [0.29, 0.717) is 12.5 Å². The zero-order valence-corrected chi connectivity index (χ0v) is 10.9. The Bertz CT molecular complexity index is 476. The molecule has 0 aliphatic heterocycles. The van der Waals surface area contributed by atoms with Gasteiger partial charge in [-0.25, -0.2) is 4.98 Å². The Hall–Kier alpha value is -1.97. The summed E-state index contributed by atoms with van der Waals surface area (Å²) in [6, 6.07) is 8.05. The number of rotatable bonds is 6. The molecule has 0 radical (unpaired) electrons. The highest BCUT2D eigenvalue weighted by Crippen LogP contribution is 2.13. The first-order valence-electron chi connectivity index (χ1n) is 6.30. The van der Waals surface area contributed by atoms with Gasteiger partial charge in [0.15, 0.2) is 0 Å². The van der Waals surface area contributed by atoms with Gasteiger partial charge in [-0.2, -0.15) is 0 Å². The Morgan fingerprint density at radius 1 is 1.28 bits per heavy atom. The molecule has 4 heteroatoms. The molecule has 0 unspecified atom stereocenters. The molecule has 0 aliphatic rings. The number of aryl methyl sites for hydroxylation is 1. The zero-order chi connectivity index (χ0) is 12.8. The van der Waals surface area contributed by atoms with Crippen LogP contribution in [0.25, 0.3) is 0 Å². The fourth-order valence-corrected chi connectivity index (χ4v) is 1.83. The van der Waals surface area contributed by atoms with Crippen molar-refractivity contribution in [3.63, 3.8) is 0 Å². The van der Waals surface area contributed by atoms with Crippen LogP contribution in [0.3, 0.4) is 0 Å². The number of aromatic nitrogens is 2. The van der Waals surface area contributed by atoms with Crippen LogP contribution in [0.4, 0.5) is 5.69 Å². The zero-order valence-electron chi connectivity index (χ0n) is 10.9. The molecule has 0 saturated carbocycles. The number of nitrogens with zero attached hydrogens (tertiary/aromatic N) is 2. The Morgan fingerprint density at radius 2 is 2.17 bits per heavy atom. The lowest BCUT2D eigenvalue weighted by atomic mass is 10.3. The SMILES string of the molecule is CCOc1ccc(NCc2cccn2CC)cn1. The van der Waals surface area contributed by atoms with E-state index in [1.807, 2.05) is 19.1 Å². The Kier molecular flexibility index (Phi) is 4.23. The van der Waals surface area contributed by atoms with Crippen molar-refractivity contribution in [3.05, 3.63) is 42.4 Å². The maximum absolute atomic E-state index is 5.30. The van der Waals surface area contributed by atoms with Crippen LogP contribution < -0.4 is 10.1 Å². The molecule has 2 aromatic heterocycles. The lowest BCUT2D eigenvalue weighted by molar-refractivity contribution is 0.327. The molecule has 2 rings (SSSR count). The highest BCUT2D eigenvalue weighted by Gasteiger charge is 2.00. The van der Waals surface area contributed by atoms with Gasteiger partial charge in [-0.3, -0.25) is 0 Å². The topological polar surface area (TPSA) is 39.1 Å². The summed E-state index contributed by atoms with van der Waals surface area (Å²) >= 11 is 0. The van der Waals surface area contributed by atoms with Crippen LogP contribution in [0, 0.1) is 0 Å². The first kappa shape index (κ1) is 12.5. The molecule has 0 aliphatic carbocycles. The van der Waals surface area contributed by atoms with Crippen LogP contribution in [-0.4, -0.2) is 16.2 Å². The van der Waals surface area contributed by atoms with Crippen LogP contribution >= 0.6 is 0 Å². The molecule has 4 nitrogen and oxygen atoms in total. The van der Waals surface area contributed by atoms with Crippen LogP contribution in [0.15, 0.2) is 36.7 Å². The van der Waals surface area contributed by atoms with Gasteiger partial charge in [-0.05, 0) is 32.0 Å². The number of nitrogens with one attached hydrogen (secondary N) is 1. The average Bonchev–Trinajstić information content (AvgIpc) is 2.86. The van der Waals surface area contributed by atoms with Gasteiger partial charge in [-0.15, -0.1) is 0 Å². The molecule has 2 aromatic rings. The third-order valence-electron chi connectivity index (χ3n) is 2.77. The van der Waals surface area contributed by atoms with E-state index in [2.05, 4.69) is 40.1 Å². The van der Waals surface area contributed by atoms with E-state index in [-0.39, 0.29) is 0 Å². The molecule has 96 valence electrons. The van der Waals surface area contributed by atoms with Crippen molar-refractivity contribution < 1.29 is 4.74 Å². The molecule has 0 amide bonds. The van der Waals surface area contributed by atoms with Crippen molar-refractivity contribution in [2.45, 2.75) is 26.9 Å². The van der Waals surface area contributed by atoms with Crippen LogP contribution in [-0.2, 0) is 13.1 Å². The van der Waals surface area contributed by atoms with Crippen molar-refractivity contribution in [3.8, 4) is 5.88 Å². The van der Waals surface area contributed by atoms with E-state index in [4.69, 9.17) is 4.74 Å². The summed E-state index contributed by atoms with van der Waals surface area (Å²) in [6.07, 6.45) is 3.89. The predicted molar refractivity (Wildman–Crippen MR) is 72.8 cm³/mol. The molecular formula is C14H19N3O. The standard InChI is InChI=1S/C14H19N3O/c1-3-17-9-5-6-13(17)11-15-12-7-8-14(16-10-12)18-4-2/h5-10,15H,3-4,11H2,1-2H3. The summed E-state index contributed by atoms with van der Waals surface area (Å²) in [5.74, 6) is 0.667. The van der Waals surface area contributed by atoms with Crippen molar-refractivity contribution in [1.82, 2.24) is 9.55 Å². The van der Waals surface area contributed by atoms with Gasteiger partial charge in [0, 0.05) is 24.5 Å². The normalized spacial score (nSPS) is 10.3. The van der Waals surface area contributed by atoms with Gasteiger partial charge >= 0.3 is 0 Å². The number of ether oxygens (including phenoxy) is 1. The van der Waals surface area contributed by atoms with E-state index < -0.39 is 0 Å². The largest absolute Gasteiger partial charge is 0.478 e. The molecule has 1 N–H and O–H groups in total. The van der Waals surface area contributed by atoms with Crippen LogP contribution in [0.5, 0.6) is 5.88 Å². The minimum atomic E-state index is 0.643. The fraction of sp³-hybridized carbons (Fsp3) is 0.357. The summed E-state index contributed by atoms with van der Waals surface area (Å²) in [4.78, 5) is 4.22.